The summed E-state index contributed by atoms with van der Waals surface area (Å²) in [5, 5.41) is 14.5. The number of aryl methyl sites for hydroxylation is 3. The van der Waals surface area contributed by atoms with Crippen molar-refractivity contribution in [1.82, 2.24) is 25.2 Å². The maximum Gasteiger partial charge on any atom is 0.270 e. The number of pyridine rings is 1. The number of amides is 1. The molecule has 1 amide bonds. The van der Waals surface area contributed by atoms with Crippen LogP contribution in [0.3, 0.4) is 0 Å². The van der Waals surface area contributed by atoms with Gasteiger partial charge in [0.05, 0.1) is 34.9 Å². The fraction of sp³-hybridized carbons (Fsp3) is 0.367. The summed E-state index contributed by atoms with van der Waals surface area (Å²) >= 11 is 0. The van der Waals surface area contributed by atoms with Crippen LogP contribution in [0.2, 0.25) is 0 Å². The van der Waals surface area contributed by atoms with Crippen molar-refractivity contribution in [2.24, 2.45) is 13.0 Å². The summed E-state index contributed by atoms with van der Waals surface area (Å²) in [6, 6.07) is 12.3. The highest BCUT2D eigenvalue weighted by atomic mass is 16.5. The first-order valence-electron chi connectivity index (χ1n) is 13.5. The number of carbonyl (C=O) groups is 2. The average Bonchev–Trinajstić information content (AvgIpc) is 3.40. The summed E-state index contributed by atoms with van der Waals surface area (Å²) < 4.78 is 6.78. The van der Waals surface area contributed by atoms with Crippen LogP contribution >= 0.6 is 0 Å². The lowest BCUT2D eigenvalue weighted by Crippen LogP contribution is -2.46. The molecule has 0 spiro atoms. The number of hydrogen-bond acceptors (Lipinski definition) is 7. The van der Waals surface area contributed by atoms with Gasteiger partial charge in [-0.05, 0) is 75.1 Å². The summed E-state index contributed by atoms with van der Waals surface area (Å²) in [4.78, 5) is 31.3. The normalized spacial score (nSPS) is 14.9. The van der Waals surface area contributed by atoms with Gasteiger partial charge in [0, 0.05) is 24.5 Å². The summed E-state index contributed by atoms with van der Waals surface area (Å²) in [6.45, 7) is 3.77. The van der Waals surface area contributed by atoms with Crippen LogP contribution < -0.4 is 10.6 Å². The lowest BCUT2D eigenvalue weighted by atomic mass is 9.86. The average molecular weight is 527 g/mol. The van der Waals surface area contributed by atoms with E-state index in [9.17, 15) is 9.59 Å². The second kappa shape index (κ2) is 11.6. The molecule has 39 heavy (non-hydrogen) atoms. The van der Waals surface area contributed by atoms with Crippen molar-refractivity contribution in [3.8, 4) is 11.3 Å². The molecule has 3 heterocycles. The van der Waals surface area contributed by atoms with Crippen molar-refractivity contribution in [3.05, 3.63) is 77.6 Å². The van der Waals surface area contributed by atoms with Crippen LogP contribution in [-0.2, 0) is 7.05 Å². The van der Waals surface area contributed by atoms with Crippen molar-refractivity contribution < 1.29 is 14.1 Å². The van der Waals surface area contributed by atoms with Gasteiger partial charge in [0.15, 0.2) is 5.78 Å². The Morgan fingerprint density at radius 2 is 1.69 bits per heavy atom. The third-order valence-corrected chi connectivity index (χ3v) is 7.50. The third kappa shape index (κ3) is 5.92. The predicted molar refractivity (Wildman–Crippen MR) is 149 cm³/mol. The molecule has 202 valence electrons. The fourth-order valence-corrected chi connectivity index (χ4v) is 5.38. The topological polar surface area (TPSA) is 115 Å². The van der Waals surface area contributed by atoms with Gasteiger partial charge in [0.1, 0.15) is 11.5 Å². The van der Waals surface area contributed by atoms with Crippen LogP contribution in [0.4, 0.5) is 11.4 Å². The molecule has 9 heteroatoms. The molecule has 0 aliphatic heterocycles. The Labute approximate surface area is 228 Å². The number of nitrogens with zero attached hydrogens (tertiary/aromatic N) is 4. The molecule has 1 atom stereocenters. The van der Waals surface area contributed by atoms with E-state index in [4.69, 9.17) is 4.52 Å². The number of nitrogens with one attached hydrogen (secondary N) is 2. The van der Waals surface area contributed by atoms with Crippen molar-refractivity contribution in [3.63, 3.8) is 0 Å². The first-order chi connectivity index (χ1) is 18.9. The molecule has 9 nitrogen and oxygen atoms in total. The van der Waals surface area contributed by atoms with Gasteiger partial charge in [0.2, 0.25) is 0 Å². The lowest BCUT2D eigenvalue weighted by molar-refractivity contribution is 0.0808. The fourth-order valence-electron chi connectivity index (χ4n) is 5.38. The van der Waals surface area contributed by atoms with Gasteiger partial charge in [-0.2, -0.15) is 5.10 Å². The third-order valence-electron chi connectivity index (χ3n) is 7.50. The van der Waals surface area contributed by atoms with Crippen LogP contribution in [0.25, 0.3) is 11.3 Å². The Morgan fingerprint density at radius 3 is 2.28 bits per heavy atom. The Morgan fingerprint density at radius 1 is 0.974 bits per heavy atom. The Bertz CT molecular complexity index is 1410. The highest BCUT2D eigenvalue weighted by Crippen LogP contribution is 2.29. The van der Waals surface area contributed by atoms with Crippen molar-refractivity contribution in [2.45, 2.75) is 58.4 Å². The molecule has 1 aliphatic rings. The maximum absolute atomic E-state index is 13.7. The zero-order chi connectivity index (χ0) is 27.4. The van der Waals surface area contributed by atoms with Gasteiger partial charge in [0.25, 0.3) is 5.91 Å². The number of anilines is 2. The molecule has 1 saturated carbocycles. The number of hydrogen-bond donors (Lipinski definition) is 2. The van der Waals surface area contributed by atoms with Crippen LogP contribution in [-0.4, -0.2) is 37.7 Å². The molecular formula is C30H34N6O3. The highest BCUT2D eigenvalue weighted by molar-refractivity contribution is 6.04. The molecular weight excluding hydrogens is 492 g/mol. The minimum absolute atomic E-state index is 0.0607. The Balaban J connectivity index is 1.30. The van der Waals surface area contributed by atoms with E-state index >= 15 is 0 Å². The molecule has 4 aromatic rings. The molecule has 5 rings (SSSR count). The van der Waals surface area contributed by atoms with E-state index in [1.807, 2.05) is 50.2 Å². The van der Waals surface area contributed by atoms with Crippen molar-refractivity contribution in [1.29, 1.82) is 0 Å². The van der Waals surface area contributed by atoms with Gasteiger partial charge in [-0.25, -0.2) is 0 Å². The zero-order valence-electron chi connectivity index (χ0n) is 22.6. The summed E-state index contributed by atoms with van der Waals surface area (Å²) in [6.07, 6.45) is 9.68. The van der Waals surface area contributed by atoms with Crippen LogP contribution in [0.1, 0.15) is 70.8 Å². The number of aromatic nitrogens is 4. The second-order valence-corrected chi connectivity index (χ2v) is 10.2. The molecule has 3 aromatic heterocycles. The standard InChI is InChI=1S/C30H34N6O3/c1-19-27(20(2)39-35-19)25-15-14-24(18-31-25)33-23-12-10-22(11-13-23)29(37)28(21-8-6-4-5-7-9-21)34-30(38)26-16-17-32-36(26)3/h10-18,21,28,33H,4-9H2,1-3H3,(H,34,38)/t28-/m0/s1. The number of ketones is 1. The van der Waals surface area contributed by atoms with Gasteiger partial charge in [-0.3, -0.25) is 19.3 Å². The SMILES string of the molecule is Cc1noc(C)c1-c1ccc(Nc2ccc(C(=O)[C@@H](NC(=O)c3ccnn3C)C3CCCCCC3)cc2)cn1. The second-order valence-electron chi connectivity index (χ2n) is 10.2. The lowest BCUT2D eigenvalue weighted by Gasteiger charge is -2.26. The molecule has 1 aromatic carbocycles. The quantitative estimate of drug-likeness (QED) is 0.221. The maximum atomic E-state index is 13.7. The number of carbonyl (C=O) groups excluding carboxylic acids is 2. The van der Waals surface area contributed by atoms with Crippen LogP contribution in [0.15, 0.2) is 59.4 Å². The Hall–Kier alpha value is -4.27. The van der Waals surface area contributed by atoms with E-state index in [1.54, 1.807) is 25.5 Å². The molecule has 1 fully saturated rings. The van der Waals surface area contributed by atoms with E-state index < -0.39 is 6.04 Å². The number of rotatable bonds is 8. The van der Waals surface area contributed by atoms with Gasteiger partial charge < -0.3 is 15.2 Å². The summed E-state index contributed by atoms with van der Waals surface area (Å²) in [7, 11) is 1.73. The largest absolute Gasteiger partial charge is 0.361 e. The van der Waals surface area contributed by atoms with Crippen molar-refractivity contribution >= 4 is 23.1 Å². The van der Waals surface area contributed by atoms with E-state index in [0.717, 1.165) is 59.8 Å². The highest BCUT2D eigenvalue weighted by Gasteiger charge is 2.31. The van der Waals surface area contributed by atoms with Crippen LogP contribution in [0, 0.1) is 19.8 Å². The van der Waals surface area contributed by atoms with Gasteiger partial charge in [-0.15, -0.1) is 0 Å². The van der Waals surface area contributed by atoms with Gasteiger partial charge in [-0.1, -0.05) is 30.8 Å². The molecule has 0 saturated heterocycles. The monoisotopic (exact) mass is 526 g/mol. The number of Topliss-reactive ketones (excluding diaryl/α,β-unsaturated/α-hetero) is 1. The summed E-state index contributed by atoms with van der Waals surface area (Å²) in [5.41, 5.74) is 5.19. The Kier molecular flexibility index (Phi) is 7.86. The molecule has 0 bridgehead atoms. The van der Waals surface area contributed by atoms with Crippen molar-refractivity contribution in [2.75, 3.05) is 5.32 Å². The molecule has 0 unspecified atom stereocenters. The molecule has 2 N–H and O–H groups in total. The first-order valence-corrected chi connectivity index (χ1v) is 13.5. The van der Waals surface area contributed by atoms with Crippen LogP contribution in [0.5, 0.6) is 0 Å². The predicted octanol–water partition coefficient (Wildman–Crippen LogP) is 5.78. The van der Waals surface area contributed by atoms with E-state index in [1.165, 1.54) is 17.5 Å². The first kappa shape index (κ1) is 26.3. The zero-order valence-corrected chi connectivity index (χ0v) is 22.6. The minimum Gasteiger partial charge on any atom is -0.361 e. The summed E-state index contributed by atoms with van der Waals surface area (Å²) in [5.74, 6) is 0.509. The molecule has 1 aliphatic carbocycles. The number of benzene rings is 1. The minimum atomic E-state index is -0.578. The molecule has 0 radical (unpaired) electrons. The van der Waals surface area contributed by atoms with E-state index in [2.05, 4.69) is 25.9 Å². The smallest absolute Gasteiger partial charge is 0.270 e. The van der Waals surface area contributed by atoms with E-state index in [0.29, 0.717) is 11.3 Å². The van der Waals surface area contributed by atoms with Gasteiger partial charge >= 0.3 is 0 Å². The van der Waals surface area contributed by atoms with E-state index in [-0.39, 0.29) is 17.6 Å².